The van der Waals surface area contributed by atoms with E-state index in [0.717, 1.165) is 0 Å². The van der Waals surface area contributed by atoms with Crippen LogP contribution in [-0.2, 0) is 0 Å². The van der Waals surface area contributed by atoms with Crippen LogP contribution >= 0.6 is 0 Å². The molecule has 0 atom stereocenters. The molecular formula is C21H22F3N7O2. The van der Waals surface area contributed by atoms with Crippen molar-refractivity contribution < 1.29 is 18.3 Å². The van der Waals surface area contributed by atoms with E-state index in [4.69, 9.17) is 0 Å². The molecule has 0 spiro atoms. The predicted octanol–water partition coefficient (Wildman–Crippen LogP) is 2.71. The first-order valence-corrected chi connectivity index (χ1v) is 10.9. The van der Waals surface area contributed by atoms with E-state index in [9.17, 15) is 23.1 Å². The van der Waals surface area contributed by atoms with E-state index >= 15 is 0 Å². The second-order valence-corrected chi connectivity index (χ2v) is 8.94. The van der Waals surface area contributed by atoms with Crippen LogP contribution in [0.4, 0.5) is 36.3 Å². The lowest BCUT2D eigenvalue weighted by Gasteiger charge is -2.39. The zero-order chi connectivity index (χ0) is 22.9. The summed E-state index contributed by atoms with van der Waals surface area (Å²) in [6.07, 6.45) is 1.94. The van der Waals surface area contributed by atoms with E-state index < -0.39 is 36.6 Å². The number of hydrogen-bond acceptors (Lipinski definition) is 7. The summed E-state index contributed by atoms with van der Waals surface area (Å²) < 4.78 is 42.9. The van der Waals surface area contributed by atoms with Crippen LogP contribution in [0, 0.1) is 5.82 Å². The molecule has 1 saturated carbocycles. The van der Waals surface area contributed by atoms with Gasteiger partial charge in [0.05, 0.1) is 37.2 Å². The minimum Gasteiger partial charge on any atom is -0.393 e. The van der Waals surface area contributed by atoms with Gasteiger partial charge in [0.2, 0.25) is 5.95 Å². The Hall–Kier alpha value is -3.28. The van der Waals surface area contributed by atoms with E-state index in [0.29, 0.717) is 48.2 Å². The molecule has 1 aromatic carbocycles. The summed E-state index contributed by atoms with van der Waals surface area (Å²) in [6.45, 7) is -0.750. The minimum absolute atomic E-state index is 0.176. The van der Waals surface area contributed by atoms with Gasteiger partial charge in [-0.05, 0) is 43.9 Å². The Bertz CT molecular complexity index is 1290. The van der Waals surface area contributed by atoms with Gasteiger partial charge in [0, 0.05) is 6.04 Å². The average Bonchev–Trinajstić information content (AvgIpc) is 3.32. The van der Waals surface area contributed by atoms with Crippen molar-refractivity contribution in [1.82, 2.24) is 19.5 Å². The molecule has 0 unspecified atom stereocenters. The number of benzene rings is 1. The molecule has 9 nitrogen and oxygen atoms in total. The number of nitrogens with one attached hydrogen (secondary N) is 2. The number of hydrogen-bond donors (Lipinski definition) is 3. The SMILES string of the molecule is O=c1[nH]c2c(N3CC(F)(F)C3)nc(N3CNc4ccc(F)cc43)nc2n1[C@H]1CC[C@H](O)CC1. The number of aromatic nitrogens is 4. The number of alkyl halides is 2. The highest BCUT2D eigenvalue weighted by atomic mass is 19.3. The normalized spacial score (nSPS) is 24.0. The van der Waals surface area contributed by atoms with E-state index in [1.807, 2.05) is 0 Å². The van der Waals surface area contributed by atoms with E-state index in [2.05, 4.69) is 20.3 Å². The molecule has 1 saturated heterocycles. The zero-order valence-electron chi connectivity index (χ0n) is 17.6. The van der Waals surface area contributed by atoms with Crippen LogP contribution < -0.4 is 20.8 Å². The first-order valence-electron chi connectivity index (χ1n) is 10.9. The molecule has 1 aliphatic carbocycles. The van der Waals surface area contributed by atoms with Gasteiger partial charge in [-0.3, -0.25) is 9.47 Å². The Morgan fingerprint density at radius 1 is 1.12 bits per heavy atom. The molecule has 0 amide bonds. The van der Waals surface area contributed by atoms with Crippen molar-refractivity contribution in [3.8, 4) is 0 Å². The van der Waals surface area contributed by atoms with Gasteiger partial charge in [-0.1, -0.05) is 0 Å². The number of nitrogens with zero attached hydrogens (tertiary/aromatic N) is 5. The smallest absolute Gasteiger partial charge is 0.328 e. The van der Waals surface area contributed by atoms with Gasteiger partial charge in [0.1, 0.15) is 11.3 Å². The molecule has 6 rings (SSSR count). The van der Waals surface area contributed by atoms with Crippen molar-refractivity contribution >= 4 is 34.3 Å². The summed E-state index contributed by atoms with van der Waals surface area (Å²) in [5.74, 6) is -2.85. The summed E-state index contributed by atoms with van der Waals surface area (Å²) in [4.78, 5) is 28.0. The van der Waals surface area contributed by atoms with Gasteiger partial charge in [-0.2, -0.15) is 9.97 Å². The first kappa shape index (κ1) is 20.3. The van der Waals surface area contributed by atoms with Crippen molar-refractivity contribution in [1.29, 1.82) is 0 Å². The maximum Gasteiger partial charge on any atom is 0.328 e. The number of rotatable bonds is 3. The average molecular weight is 461 g/mol. The maximum absolute atomic E-state index is 13.9. The lowest BCUT2D eigenvalue weighted by molar-refractivity contribution is -0.0265. The molecule has 174 valence electrons. The van der Waals surface area contributed by atoms with Crippen LogP contribution in [0.15, 0.2) is 23.0 Å². The largest absolute Gasteiger partial charge is 0.393 e. The quantitative estimate of drug-likeness (QED) is 0.551. The van der Waals surface area contributed by atoms with E-state index in [-0.39, 0.29) is 24.5 Å². The second kappa shape index (κ2) is 7.11. The lowest BCUT2D eigenvalue weighted by atomic mass is 9.93. The number of fused-ring (bicyclic) bond motifs is 2. The summed E-state index contributed by atoms with van der Waals surface area (Å²) in [5.41, 5.74) is 1.46. The summed E-state index contributed by atoms with van der Waals surface area (Å²) in [6, 6.07) is 4.13. The third-order valence-electron chi connectivity index (χ3n) is 6.63. The van der Waals surface area contributed by atoms with Crippen LogP contribution in [0.3, 0.4) is 0 Å². The molecular weight excluding hydrogens is 439 g/mol. The highest BCUT2D eigenvalue weighted by molar-refractivity contribution is 5.87. The van der Waals surface area contributed by atoms with Crippen molar-refractivity contribution in [3.05, 3.63) is 34.5 Å². The fourth-order valence-electron chi connectivity index (χ4n) is 4.95. The van der Waals surface area contributed by atoms with Crippen LogP contribution in [0.25, 0.3) is 11.2 Å². The van der Waals surface area contributed by atoms with Crippen LogP contribution in [0.1, 0.15) is 31.7 Å². The molecule has 3 N–H and O–H groups in total. The summed E-state index contributed by atoms with van der Waals surface area (Å²) in [7, 11) is 0. The van der Waals surface area contributed by atoms with Gasteiger partial charge >= 0.3 is 5.69 Å². The molecule has 3 aromatic rings. The number of aliphatic hydroxyl groups is 1. The fraction of sp³-hybridized carbons (Fsp3) is 0.476. The van der Waals surface area contributed by atoms with Crippen molar-refractivity contribution in [2.75, 3.05) is 34.9 Å². The van der Waals surface area contributed by atoms with Crippen molar-refractivity contribution in [2.24, 2.45) is 0 Å². The second-order valence-electron chi connectivity index (χ2n) is 8.94. The Labute approximate surface area is 185 Å². The zero-order valence-corrected chi connectivity index (χ0v) is 17.6. The Morgan fingerprint density at radius 3 is 2.61 bits per heavy atom. The maximum atomic E-state index is 13.9. The number of anilines is 4. The molecule has 0 bridgehead atoms. The summed E-state index contributed by atoms with van der Waals surface area (Å²) in [5, 5.41) is 13.0. The van der Waals surface area contributed by atoms with E-state index in [1.54, 1.807) is 15.5 Å². The van der Waals surface area contributed by atoms with Gasteiger partial charge < -0.3 is 20.3 Å². The molecule has 3 aliphatic rings. The number of halogens is 3. The first-order chi connectivity index (χ1) is 15.8. The molecule has 0 radical (unpaired) electrons. The molecule has 12 heteroatoms. The van der Waals surface area contributed by atoms with Crippen LogP contribution in [-0.4, -0.2) is 56.4 Å². The molecule has 2 aromatic heterocycles. The van der Waals surface area contributed by atoms with Gasteiger partial charge in [0.25, 0.3) is 5.92 Å². The highest BCUT2D eigenvalue weighted by Crippen LogP contribution is 2.40. The Balaban J connectivity index is 1.50. The number of imidazole rings is 1. The monoisotopic (exact) mass is 461 g/mol. The third-order valence-corrected chi connectivity index (χ3v) is 6.63. The van der Waals surface area contributed by atoms with Gasteiger partial charge in [-0.15, -0.1) is 0 Å². The predicted molar refractivity (Wildman–Crippen MR) is 116 cm³/mol. The topological polar surface area (TPSA) is 102 Å². The molecule has 2 aliphatic heterocycles. The third kappa shape index (κ3) is 3.31. The number of aliphatic hydroxyl groups excluding tert-OH is 1. The Kier molecular flexibility index (Phi) is 4.38. The minimum atomic E-state index is -2.83. The van der Waals surface area contributed by atoms with Crippen LogP contribution in [0.5, 0.6) is 0 Å². The summed E-state index contributed by atoms with van der Waals surface area (Å²) >= 11 is 0. The standard InChI is InChI=1S/C21H22F3N7O2/c22-11-1-6-14-15(7-11)30(10-25-14)19-27-17(29-8-21(23,24)9-29)16-18(28-19)31(20(33)26-16)12-2-4-13(32)5-3-12/h1,6-7,12-13,25,32H,2-5,8-10H2,(H,26,33)/t12-,13-. The lowest BCUT2D eigenvalue weighted by Crippen LogP contribution is -2.56. The molecule has 2 fully saturated rings. The van der Waals surface area contributed by atoms with Gasteiger partial charge in [-0.25, -0.2) is 18.0 Å². The molecule has 4 heterocycles. The molecule has 33 heavy (non-hydrogen) atoms. The number of aromatic amines is 1. The fourth-order valence-corrected chi connectivity index (χ4v) is 4.95. The number of H-pyrrole nitrogens is 1. The highest BCUT2D eigenvalue weighted by Gasteiger charge is 2.46. The van der Waals surface area contributed by atoms with Crippen LogP contribution in [0.2, 0.25) is 0 Å². The van der Waals surface area contributed by atoms with Gasteiger partial charge in [0.15, 0.2) is 11.5 Å². The van der Waals surface area contributed by atoms with Crippen molar-refractivity contribution in [3.63, 3.8) is 0 Å². The Morgan fingerprint density at radius 2 is 1.88 bits per heavy atom. The van der Waals surface area contributed by atoms with E-state index in [1.165, 1.54) is 17.0 Å². The van der Waals surface area contributed by atoms with Crippen molar-refractivity contribution in [2.45, 2.75) is 43.8 Å².